The lowest BCUT2D eigenvalue weighted by Gasteiger charge is -2.16. The van der Waals surface area contributed by atoms with Gasteiger partial charge in [-0.3, -0.25) is 4.79 Å². The van der Waals surface area contributed by atoms with Gasteiger partial charge in [-0.15, -0.1) is 0 Å². The minimum absolute atomic E-state index is 0.118. The second kappa shape index (κ2) is 5.47. The van der Waals surface area contributed by atoms with E-state index in [2.05, 4.69) is 29.6 Å². The zero-order chi connectivity index (χ0) is 13.9. The van der Waals surface area contributed by atoms with Crippen LogP contribution in [0.15, 0.2) is 54.6 Å². The van der Waals surface area contributed by atoms with E-state index >= 15 is 0 Å². The molecule has 0 amide bonds. The molecule has 2 unspecified atom stereocenters. The van der Waals surface area contributed by atoms with E-state index in [9.17, 15) is 4.79 Å². The van der Waals surface area contributed by atoms with Gasteiger partial charge in [0.15, 0.2) is 0 Å². The fraction of sp³-hybridized carbons (Fsp3) is 0.235. The summed E-state index contributed by atoms with van der Waals surface area (Å²) in [5.41, 5.74) is 3.53. The van der Waals surface area contributed by atoms with Gasteiger partial charge in [0, 0.05) is 12.6 Å². The van der Waals surface area contributed by atoms with Gasteiger partial charge in [0.2, 0.25) is 0 Å². The molecule has 3 rings (SSSR count). The highest BCUT2D eigenvalue weighted by Gasteiger charge is 2.31. The number of carbonyl (C=O) groups is 1. The van der Waals surface area contributed by atoms with Crippen LogP contribution in [0.3, 0.4) is 0 Å². The molecule has 0 saturated carbocycles. The molecule has 102 valence electrons. The quantitative estimate of drug-likeness (QED) is 0.898. The standard InChI is InChI=1S/C17H17NO2/c19-17(20)13-10-16(18-11-13)15-9-5-4-8-14(15)12-6-2-1-3-7-12/h1-9,13,16,18H,10-11H2,(H,19,20). The molecule has 0 spiro atoms. The zero-order valence-corrected chi connectivity index (χ0v) is 11.1. The summed E-state index contributed by atoms with van der Waals surface area (Å²) in [5.74, 6) is -0.999. The Labute approximate surface area is 118 Å². The van der Waals surface area contributed by atoms with Crippen molar-refractivity contribution in [2.24, 2.45) is 5.92 Å². The monoisotopic (exact) mass is 267 g/mol. The van der Waals surface area contributed by atoms with Crippen molar-refractivity contribution in [1.82, 2.24) is 5.32 Å². The summed E-state index contributed by atoms with van der Waals surface area (Å²) in [5, 5.41) is 12.5. The molecule has 0 bridgehead atoms. The second-order valence-corrected chi connectivity index (χ2v) is 5.18. The van der Waals surface area contributed by atoms with E-state index in [1.165, 1.54) is 16.7 Å². The van der Waals surface area contributed by atoms with E-state index in [1.807, 2.05) is 30.3 Å². The zero-order valence-electron chi connectivity index (χ0n) is 11.1. The third-order valence-electron chi connectivity index (χ3n) is 3.90. The van der Waals surface area contributed by atoms with E-state index in [0.29, 0.717) is 13.0 Å². The van der Waals surface area contributed by atoms with Crippen LogP contribution in [0.4, 0.5) is 0 Å². The molecule has 1 aliphatic heterocycles. The van der Waals surface area contributed by atoms with Gasteiger partial charge in [-0.2, -0.15) is 0 Å². The van der Waals surface area contributed by atoms with Crippen molar-refractivity contribution in [1.29, 1.82) is 0 Å². The van der Waals surface area contributed by atoms with Crippen LogP contribution in [-0.2, 0) is 4.79 Å². The van der Waals surface area contributed by atoms with Crippen molar-refractivity contribution in [2.45, 2.75) is 12.5 Å². The Morgan fingerprint density at radius 1 is 1.05 bits per heavy atom. The predicted molar refractivity (Wildman–Crippen MR) is 78.4 cm³/mol. The molecule has 3 heteroatoms. The lowest BCUT2D eigenvalue weighted by Crippen LogP contribution is -2.17. The van der Waals surface area contributed by atoms with Crippen molar-refractivity contribution in [3.63, 3.8) is 0 Å². The van der Waals surface area contributed by atoms with E-state index in [-0.39, 0.29) is 12.0 Å². The Balaban J connectivity index is 1.94. The van der Waals surface area contributed by atoms with Gasteiger partial charge in [-0.25, -0.2) is 0 Å². The summed E-state index contributed by atoms with van der Waals surface area (Å²) >= 11 is 0. The van der Waals surface area contributed by atoms with Crippen molar-refractivity contribution >= 4 is 5.97 Å². The molecule has 2 aromatic rings. The first-order valence-corrected chi connectivity index (χ1v) is 6.86. The summed E-state index contributed by atoms with van der Waals surface area (Å²) < 4.78 is 0. The highest BCUT2D eigenvalue weighted by molar-refractivity contribution is 5.72. The van der Waals surface area contributed by atoms with E-state index < -0.39 is 5.97 Å². The molecule has 0 radical (unpaired) electrons. The van der Waals surface area contributed by atoms with Crippen LogP contribution in [-0.4, -0.2) is 17.6 Å². The molecule has 3 nitrogen and oxygen atoms in total. The van der Waals surface area contributed by atoms with Crippen LogP contribution in [0.2, 0.25) is 0 Å². The number of nitrogens with one attached hydrogen (secondary N) is 1. The summed E-state index contributed by atoms with van der Waals surface area (Å²) in [7, 11) is 0. The number of carboxylic acid groups (broad SMARTS) is 1. The Morgan fingerprint density at radius 2 is 1.75 bits per heavy atom. The van der Waals surface area contributed by atoms with Crippen LogP contribution in [0.5, 0.6) is 0 Å². The maximum atomic E-state index is 11.1. The van der Waals surface area contributed by atoms with Gasteiger partial charge in [-0.1, -0.05) is 54.6 Å². The summed E-state index contributed by atoms with van der Waals surface area (Å²) in [4.78, 5) is 11.1. The molecule has 1 saturated heterocycles. The highest BCUT2D eigenvalue weighted by atomic mass is 16.4. The maximum absolute atomic E-state index is 11.1. The number of aliphatic carboxylic acids is 1. The number of hydrogen-bond donors (Lipinski definition) is 2. The fourth-order valence-corrected chi connectivity index (χ4v) is 2.84. The SMILES string of the molecule is O=C(O)C1CNC(c2ccccc2-c2ccccc2)C1. The molecule has 1 heterocycles. The van der Waals surface area contributed by atoms with Crippen LogP contribution in [0.25, 0.3) is 11.1 Å². The first-order chi connectivity index (χ1) is 9.75. The van der Waals surface area contributed by atoms with Gasteiger partial charge in [0.25, 0.3) is 0 Å². The summed E-state index contributed by atoms with van der Waals surface area (Å²) in [6, 6.07) is 18.6. The lowest BCUT2D eigenvalue weighted by molar-refractivity contribution is -0.141. The Kier molecular flexibility index (Phi) is 3.52. The Hall–Kier alpha value is -2.13. The van der Waals surface area contributed by atoms with Crippen molar-refractivity contribution in [3.05, 3.63) is 60.2 Å². The van der Waals surface area contributed by atoms with Crippen molar-refractivity contribution < 1.29 is 9.90 Å². The molecule has 1 aliphatic rings. The minimum atomic E-state index is -0.711. The third-order valence-corrected chi connectivity index (χ3v) is 3.90. The first-order valence-electron chi connectivity index (χ1n) is 6.86. The summed E-state index contributed by atoms with van der Waals surface area (Å²) in [6.45, 7) is 0.545. The normalized spacial score (nSPS) is 21.8. The van der Waals surface area contributed by atoms with Gasteiger partial charge in [-0.05, 0) is 23.1 Å². The molecular formula is C17H17NO2. The van der Waals surface area contributed by atoms with Crippen LogP contribution in [0.1, 0.15) is 18.0 Å². The fourth-order valence-electron chi connectivity index (χ4n) is 2.84. The van der Waals surface area contributed by atoms with Crippen LogP contribution < -0.4 is 5.32 Å². The van der Waals surface area contributed by atoms with Crippen molar-refractivity contribution in [2.75, 3.05) is 6.54 Å². The Morgan fingerprint density at radius 3 is 2.45 bits per heavy atom. The molecule has 0 aromatic heterocycles. The topological polar surface area (TPSA) is 49.3 Å². The highest BCUT2D eigenvalue weighted by Crippen LogP contribution is 2.34. The maximum Gasteiger partial charge on any atom is 0.307 e. The van der Waals surface area contributed by atoms with Gasteiger partial charge < -0.3 is 10.4 Å². The average Bonchev–Trinajstić information content (AvgIpc) is 2.98. The van der Waals surface area contributed by atoms with Crippen LogP contribution in [0, 0.1) is 5.92 Å². The Bertz CT molecular complexity index is 609. The first kappa shape index (κ1) is 12.9. The molecule has 2 aromatic carbocycles. The minimum Gasteiger partial charge on any atom is -0.481 e. The second-order valence-electron chi connectivity index (χ2n) is 5.18. The van der Waals surface area contributed by atoms with Gasteiger partial charge in [0.1, 0.15) is 0 Å². The smallest absolute Gasteiger partial charge is 0.307 e. The molecule has 2 N–H and O–H groups in total. The molecule has 0 aliphatic carbocycles. The molecule has 20 heavy (non-hydrogen) atoms. The van der Waals surface area contributed by atoms with Gasteiger partial charge >= 0.3 is 5.97 Å². The lowest BCUT2D eigenvalue weighted by atomic mass is 9.92. The average molecular weight is 267 g/mol. The van der Waals surface area contributed by atoms with E-state index in [0.717, 1.165) is 0 Å². The van der Waals surface area contributed by atoms with Crippen molar-refractivity contribution in [3.8, 4) is 11.1 Å². The number of hydrogen-bond acceptors (Lipinski definition) is 2. The number of carboxylic acids is 1. The largest absolute Gasteiger partial charge is 0.481 e. The van der Waals surface area contributed by atoms with E-state index in [4.69, 9.17) is 5.11 Å². The van der Waals surface area contributed by atoms with Gasteiger partial charge in [0.05, 0.1) is 5.92 Å². The predicted octanol–water partition coefficient (Wildman–Crippen LogP) is 3.09. The molecule has 1 fully saturated rings. The number of benzene rings is 2. The van der Waals surface area contributed by atoms with E-state index in [1.54, 1.807) is 0 Å². The molecular weight excluding hydrogens is 250 g/mol. The molecule has 2 atom stereocenters. The summed E-state index contributed by atoms with van der Waals surface area (Å²) in [6.07, 6.45) is 0.652. The van der Waals surface area contributed by atoms with Crippen LogP contribution >= 0.6 is 0 Å². The third kappa shape index (κ3) is 2.45. The number of rotatable bonds is 3.